The Morgan fingerprint density at radius 1 is 1.57 bits per heavy atom. The average Bonchev–Trinajstić information content (AvgIpc) is 2.66. The third kappa shape index (κ3) is 1.04. The van der Waals surface area contributed by atoms with E-state index in [0.29, 0.717) is 11.6 Å². The second-order valence-electron chi connectivity index (χ2n) is 3.13. The Morgan fingerprint density at radius 3 is 2.71 bits per heavy atom. The Bertz CT molecular complexity index is 518. The van der Waals surface area contributed by atoms with Crippen LogP contribution < -0.4 is 11.3 Å². The summed E-state index contributed by atoms with van der Waals surface area (Å²) < 4.78 is 3.06. The van der Waals surface area contributed by atoms with E-state index in [-0.39, 0.29) is 11.2 Å². The molecule has 3 N–H and O–H groups in total. The molecule has 2 aromatic rings. The number of hydrogen-bond donors (Lipinski definition) is 2. The number of hydrogen-bond acceptors (Lipinski definition) is 3. The molecule has 0 aliphatic carbocycles. The summed E-state index contributed by atoms with van der Waals surface area (Å²) in [4.78, 5) is 15.6. The lowest BCUT2D eigenvalue weighted by Gasteiger charge is -1.99. The van der Waals surface area contributed by atoms with E-state index >= 15 is 0 Å². The van der Waals surface area contributed by atoms with Crippen LogP contribution in [0.3, 0.4) is 0 Å². The molecule has 6 heteroatoms. The molecule has 74 valence electrons. The molecule has 2 rings (SSSR count). The molecule has 0 fully saturated rings. The van der Waals surface area contributed by atoms with Crippen molar-refractivity contribution in [3.05, 3.63) is 28.4 Å². The van der Waals surface area contributed by atoms with E-state index in [1.54, 1.807) is 30.9 Å². The van der Waals surface area contributed by atoms with Crippen LogP contribution in [0.2, 0.25) is 0 Å². The number of nitrogens with zero attached hydrogens (tertiary/aromatic N) is 3. The first-order chi connectivity index (χ1) is 6.61. The molecule has 0 saturated heterocycles. The number of imidazole rings is 1. The summed E-state index contributed by atoms with van der Waals surface area (Å²) >= 11 is 0. The highest BCUT2D eigenvalue weighted by atomic mass is 16.1. The Labute approximate surface area is 80.0 Å². The van der Waals surface area contributed by atoms with Gasteiger partial charge in [-0.25, -0.2) is 4.98 Å². The van der Waals surface area contributed by atoms with E-state index in [9.17, 15) is 4.79 Å². The SMILES string of the molecule is Cc1[nH]n(-c2nccn2C)c(=O)c1N. The summed E-state index contributed by atoms with van der Waals surface area (Å²) in [6.45, 7) is 1.75. The second kappa shape index (κ2) is 2.76. The summed E-state index contributed by atoms with van der Waals surface area (Å²) in [6, 6.07) is 0. The van der Waals surface area contributed by atoms with Crippen LogP contribution >= 0.6 is 0 Å². The van der Waals surface area contributed by atoms with Crippen molar-refractivity contribution >= 4 is 5.69 Å². The fourth-order valence-electron chi connectivity index (χ4n) is 1.27. The Hall–Kier alpha value is -1.98. The summed E-state index contributed by atoms with van der Waals surface area (Å²) in [5.74, 6) is 0.523. The molecular formula is C8H11N5O. The maximum absolute atomic E-state index is 11.6. The lowest BCUT2D eigenvalue weighted by Crippen LogP contribution is -2.19. The smallest absolute Gasteiger partial charge is 0.297 e. The lowest BCUT2D eigenvalue weighted by molar-refractivity contribution is 0.726. The predicted molar refractivity (Wildman–Crippen MR) is 52.3 cm³/mol. The van der Waals surface area contributed by atoms with Crippen LogP contribution in [0.15, 0.2) is 17.2 Å². The monoisotopic (exact) mass is 193 g/mol. The number of anilines is 1. The first-order valence-corrected chi connectivity index (χ1v) is 4.16. The van der Waals surface area contributed by atoms with Crippen LogP contribution in [-0.2, 0) is 7.05 Å². The zero-order chi connectivity index (χ0) is 10.3. The second-order valence-corrected chi connectivity index (χ2v) is 3.13. The van der Waals surface area contributed by atoms with Crippen LogP contribution in [0.5, 0.6) is 0 Å². The fraction of sp³-hybridized carbons (Fsp3) is 0.250. The highest BCUT2D eigenvalue weighted by molar-refractivity contribution is 5.41. The van der Waals surface area contributed by atoms with E-state index in [1.165, 1.54) is 4.68 Å². The van der Waals surface area contributed by atoms with Gasteiger partial charge in [0, 0.05) is 19.4 Å². The van der Waals surface area contributed by atoms with Crippen LogP contribution in [0, 0.1) is 6.92 Å². The van der Waals surface area contributed by atoms with Crippen molar-refractivity contribution < 1.29 is 0 Å². The van der Waals surface area contributed by atoms with Gasteiger partial charge in [0.15, 0.2) is 0 Å². The first kappa shape index (κ1) is 8.61. The van der Waals surface area contributed by atoms with Gasteiger partial charge in [0.05, 0.1) is 5.69 Å². The minimum atomic E-state index is -0.267. The molecule has 0 bridgehead atoms. The molecule has 0 atom stereocenters. The van der Waals surface area contributed by atoms with Crippen molar-refractivity contribution in [1.82, 2.24) is 19.3 Å². The van der Waals surface area contributed by atoms with Gasteiger partial charge in [0.1, 0.15) is 5.69 Å². The van der Waals surface area contributed by atoms with Gasteiger partial charge in [-0.05, 0) is 6.92 Å². The van der Waals surface area contributed by atoms with Gasteiger partial charge in [0.2, 0.25) is 5.95 Å². The van der Waals surface area contributed by atoms with E-state index in [2.05, 4.69) is 10.1 Å². The lowest BCUT2D eigenvalue weighted by atomic mass is 10.4. The van der Waals surface area contributed by atoms with Crippen molar-refractivity contribution in [2.75, 3.05) is 5.73 Å². The molecule has 14 heavy (non-hydrogen) atoms. The first-order valence-electron chi connectivity index (χ1n) is 4.16. The molecule has 6 nitrogen and oxygen atoms in total. The summed E-state index contributed by atoms with van der Waals surface area (Å²) in [5, 5.41) is 2.85. The Morgan fingerprint density at radius 2 is 2.29 bits per heavy atom. The molecule has 2 aromatic heterocycles. The third-order valence-electron chi connectivity index (χ3n) is 2.11. The van der Waals surface area contributed by atoms with Crippen LogP contribution in [0.4, 0.5) is 5.69 Å². The summed E-state index contributed by atoms with van der Waals surface area (Å²) in [6.07, 6.45) is 3.38. The van der Waals surface area contributed by atoms with Crippen molar-refractivity contribution in [3.63, 3.8) is 0 Å². The van der Waals surface area contributed by atoms with Gasteiger partial charge in [-0.1, -0.05) is 0 Å². The molecule has 0 saturated carbocycles. The van der Waals surface area contributed by atoms with Gasteiger partial charge >= 0.3 is 0 Å². The van der Waals surface area contributed by atoms with Gasteiger partial charge in [0.25, 0.3) is 5.56 Å². The van der Waals surface area contributed by atoms with Crippen LogP contribution in [-0.4, -0.2) is 19.3 Å². The van der Waals surface area contributed by atoms with Crippen molar-refractivity contribution in [3.8, 4) is 5.95 Å². The highest BCUT2D eigenvalue weighted by Gasteiger charge is 2.11. The highest BCUT2D eigenvalue weighted by Crippen LogP contribution is 2.04. The van der Waals surface area contributed by atoms with Crippen LogP contribution in [0.1, 0.15) is 5.69 Å². The standard InChI is InChI=1S/C8H11N5O/c1-5-6(9)7(14)13(11-5)8-10-3-4-12(8)2/h3-4,11H,9H2,1-2H3. The minimum Gasteiger partial charge on any atom is -0.393 e. The Balaban J connectivity index is 2.70. The quantitative estimate of drug-likeness (QED) is 0.657. The normalized spacial score (nSPS) is 10.7. The molecule has 0 unspecified atom stereocenters. The van der Waals surface area contributed by atoms with Gasteiger partial charge in [-0.15, -0.1) is 0 Å². The molecule has 0 spiro atoms. The molecule has 0 radical (unpaired) electrons. The molecular weight excluding hydrogens is 182 g/mol. The zero-order valence-corrected chi connectivity index (χ0v) is 7.98. The molecule has 0 aromatic carbocycles. The number of H-pyrrole nitrogens is 1. The number of aromatic nitrogens is 4. The van der Waals surface area contributed by atoms with E-state index < -0.39 is 0 Å². The van der Waals surface area contributed by atoms with E-state index in [1.807, 2.05) is 0 Å². The van der Waals surface area contributed by atoms with Crippen molar-refractivity contribution in [2.24, 2.45) is 7.05 Å². The number of nitrogen functional groups attached to an aromatic ring is 1. The van der Waals surface area contributed by atoms with Gasteiger partial charge in [-0.2, -0.15) is 4.68 Å². The van der Waals surface area contributed by atoms with Crippen LogP contribution in [0.25, 0.3) is 5.95 Å². The summed E-state index contributed by atoms with van der Waals surface area (Å²) in [7, 11) is 1.81. The van der Waals surface area contributed by atoms with Gasteiger partial charge in [-0.3, -0.25) is 9.89 Å². The van der Waals surface area contributed by atoms with E-state index in [4.69, 9.17) is 5.73 Å². The minimum absolute atomic E-state index is 0.230. The molecule has 0 aliphatic heterocycles. The van der Waals surface area contributed by atoms with Gasteiger partial charge < -0.3 is 10.3 Å². The maximum Gasteiger partial charge on any atom is 0.297 e. The fourth-order valence-corrected chi connectivity index (χ4v) is 1.27. The largest absolute Gasteiger partial charge is 0.393 e. The maximum atomic E-state index is 11.6. The number of nitrogens with two attached hydrogens (primary N) is 1. The number of rotatable bonds is 1. The summed E-state index contributed by atoms with van der Waals surface area (Å²) in [5.41, 5.74) is 6.17. The molecule has 0 aliphatic rings. The van der Waals surface area contributed by atoms with Crippen molar-refractivity contribution in [1.29, 1.82) is 0 Å². The molecule has 0 amide bonds. The number of aromatic amines is 1. The zero-order valence-electron chi connectivity index (χ0n) is 7.98. The third-order valence-corrected chi connectivity index (χ3v) is 2.11. The van der Waals surface area contributed by atoms with Crippen molar-refractivity contribution in [2.45, 2.75) is 6.92 Å². The Kier molecular flexibility index (Phi) is 1.70. The number of aryl methyl sites for hydroxylation is 2. The predicted octanol–water partition coefficient (Wildman–Crippen LogP) is -0.210. The average molecular weight is 193 g/mol. The number of nitrogens with one attached hydrogen (secondary N) is 1. The van der Waals surface area contributed by atoms with E-state index in [0.717, 1.165) is 0 Å². The molecule has 2 heterocycles. The topological polar surface area (TPSA) is 81.6 Å².